The second-order valence-corrected chi connectivity index (χ2v) is 5.72. The second kappa shape index (κ2) is 7.46. The molecule has 3 nitrogen and oxygen atoms in total. The van der Waals surface area contributed by atoms with Gasteiger partial charge in [-0.05, 0) is 26.2 Å². The topological polar surface area (TPSA) is 37.8 Å². The van der Waals surface area contributed by atoms with Gasteiger partial charge in [-0.3, -0.25) is 0 Å². The maximum Gasteiger partial charge on any atom is 0.134 e. The molecule has 2 rings (SSSR count). The molecule has 0 amide bonds. The molecule has 19 heavy (non-hydrogen) atoms. The Bertz CT molecular complexity index is 386. The number of rotatable bonds is 9. The van der Waals surface area contributed by atoms with Crippen molar-refractivity contribution in [3.8, 4) is 0 Å². The van der Waals surface area contributed by atoms with E-state index in [0.29, 0.717) is 5.92 Å². The molecule has 0 bridgehead atoms. The molecule has 106 valence electrons. The van der Waals surface area contributed by atoms with Gasteiger partial charge in [-0.15, -0.1) is 0 Å². The molecule has 1 fully saturated rings. The van der Waals surface area contributed by atoms with Crippen molar-refractivity contribution in [2.45, 2.75) is 71.1 Å². The molecule has 1 aliphatic rings. The van der Waals surface area contributed by atoms with Gasteiger partial charge in [0.1, 0.15) is 11.6 Å². The van der Waals surface area contributed by atoms with Crippen molar-refractivity contribution < 1.29 is 0 Å². The first-order valence-corrected chi connectivity index (χ1v) is 7.89. The highest BCUT2D eigenvalue weighted by Gasteiger charge is 2.26. The standard InChI is InChI=1S/C16H27N3/c1-3-4-5-6-7-8-11-17-15-12-13(2)18-16(19-15)14-9-10-14/h12,14H,3-11H2,1-2H3,(H,17,18,19). The van der Waals surface area contributed by atoms with Crippen LogP contribution in [0.1, 0.15) is 75.7 Å². The molecule has 0 atom stereocenters. The van der Waals surface area contributed by atoms with Crippen molar-refractivity contribution in [2.75, 3.05) is 11.9 Å². The van der Waals surface area contributed by atoms with Crippen LogP contribution in [0, 0.1) is 6.92 Å². The molecule has 0 unspecified atom stereocenters. The zero-order valence-electron chi connectivity index (χ0n) is 12.4. The Hall–Kier alpha value is -1.12. The molecule has 1 saturated carbocycles. The lowest BCUT2D eigenvalue weighted by Crippen LogP contribution is -2.06. The quantitative estimate of drug-likeness (QED) is 0.668. The van der Waals surface area contributed by atoms with Crippen LogP contribution in [0.4, 0.5) is 5.82 Å². The van der Waals surface area contributed by atoms with Crippen molar-refractivity contribution >= 4 is 5.82 Å². The molecule has 0 radical (unpaired) electrons. The first kappa shape index (κ1) is 14.3. The van der Waals surface area contributed by atoms with Crippen LogP contribution in [0.15, 0.2) is 6.07 Å². The fourth-order valence-electron chi connectivity index (χ4n) is 2.33. The summed E-state index contributed by atoms with van der Waals surface area (Å²) in [6, 6.07) is 2.06. The summed E-state index contributed by atoms with van der Waals surface area (Å²) in [7, 11) is 0. The third-order valence-electron chi connectivity index (χ3n) is 3.65. The Morgan fingerprint density at radius 3 is 2.58 bits per heavy atom. The van der Waals surface area contributed by atoms with Gasteiger partial charge in [-0.1, -0.05) is 39.0 Å². The molecule has 1 aliphatic carbocycles. The van der Waals surface area contributed by atoms with E-state index >= 15 is 0 Å². The molecular formula is C16H27N3. The number of nitrogens with one attached hydrogen (secondary N) is 1. The summed E-state index contributed by atoms with van der Waals surface area (Å²) in [6.45, 7) is 5.35. The van der Waals surface area contributed by atoms with E-state index in [0.717, 1.165) is 23.9 Å². The van der Waals surface area contributed by atoms with Crippen LogP contribution < -0.4 is 5.32 Å². The maximum absolute atomic E-state index is 4.62. The summed E-state index contributed by atoms with van der Waals surface area (Å²) in [5, 5.41) is 3.45. The van der Waals surface area contributed by atoms with Gasteiger partial charge in [0.15, 0.2) is 0 Å². The summed E-state index contributed by atoms with van der Waals surface area (Å²) in [5.74, 6) is 2.70. The predicted octanol–water partition coefficient (Wildman–Crippen LogP) is 4.43. The first-order valence-electron chi connectivity index (χ1n) is 7.89. The largest absolute Gasteiger partial charge is 0.370 e. The monoisotopic (exact) mass is 261 g/mol. The molecule has 0 aromatic carbocycles. The zero-order valence-corrected chi connectivity index (χ0v) is 12.4. The molecule has 1 heterocycles. The highest BCUT2D eigenvalue weighted by molar-refractivity contribution is 5.36. The minimum absolute atomic E-state index is 0.634. The summed E-state index contributed by atoms with van der Waals surface area (Å²) in [4.78, 5) is 9.14. The van der Waals surface area contributed by atoms with Crippen molar-refractivity contribution in [3.05, 3.63) is 17.6 Å². The summed E-state index contributed by atoms with van der Waals surface area (Å²) in [6.07, 6.45) is 10.5. The molecule has 0 aliphatic heterocycles. The Labute approximate surface area is 117 Å². The van der Waals surface area contributed by atoms with Crippen molar-refractivity contribution in [3.63, 3.8) is 0 Å². The van der Waals surface area contributed by atoms with Crippen LogP contribution in [0.25, 0.3) is 0 Å². The summed E-state index contributed by atoms with van der Waals surface area (Å²) in [5.41, 5.74) is 1.09. The number of hydrogen-bond acceptors (Lipinski definition) is 3. The van der Waals surface area contributed by atoms with Crippen LogP contribution in [0.3, 0.4) is 0 Å². The van der Waals surface area contributed by atoms with E-state index in [1.165, 1.54) is 51.4 Å². The normalized spacial score (nSPS) is 14.6. The Balaban J connectivity index is 1.67. The predicted molar refractivity (Wildman–Crippen MR) is 80.6 cm³/mol. The average Bonchev–Trinajstić information content (AvgIpc) is 3.21. The van der Waals surface area contributed by atoms with E-state index in [1.807, 2.05) is 0 Å². The summed E-state index contributed by atoms with van der Waals surface area (Å²) < 4.78 is 0. The number of nitrogens with zero attached hydrogens (tertiary/aromatic N) is 2. The van der Waals surface area contributed by atoms with Gasteiger partial charge in [0, 0.05) is 24.2 Å². The number of hydrogen-bond donors (Lipinski definition) is 1. The highest BCUT2D eigenvalue weighted by Crippen LogP contribution is 2.38. The molecule has 1 N–H and O–H groups in total. The minimum Gasteiger partial charge on any atom is -0.370 e. The molecule has 1 aromatic rings. The van der Waals surface area contributed by atoms with Gasteiger partial charge < -0.3 is 5.32 Å². The van der Waals surface area contributed by atoms with Crippen LogP contribution in [-0.2, 0) is 0 Å². The lowest BCUT2D eigenvalue weighted by molar-refractivity contribution is 0.616. The van der Waals surface area contributed by atoms with E-state index in [1.54, 1.807) is 0 Å². The molecule has 0 spiro atoms. The fraction of sp³-hybridized carbons (Fsp3) is 0.750. The van der Waals surface area contributed by atoms with Gasteiger partial charge in [0.05, 0.1) is 0 Å². The SMILES string of the molecule is CCCCCCCCNc1cc(C)nc(C2CC2)n1. The number of aromatic nitrogens is 2. The lowest BCUT2D eigenvalue weighted by Gasteiger charge is -2.08. The van der Waals surface area contributed by atoms with Crippen molar-refractivity contribution in [2.24, 2.45) is 0 Å². The van der Waals surface area contributed by atoms with E-state index < -0.39 is 0 Å². The molecule has 3 heteroatoms. The third-order valence-corrected chi connectivity index (χ3v) is 3.65. The molecule has 1 aromatic heterocycles. The van der Waals surface area contributed by atoms with E-state index in [4.69, 9.17) is 0 Å². The van der Waals surface area contributed by atoms with Gasteiger partial charge in [-0.2, -0.15) is 0 Å². The third kappa shape index (κ3) is 5.17. The minimum atomic E-state index is 0.634. The van der Waals surface area contributed by atoms with E-state index in [9.17, 15) is 0 Å². The van der Waals surface area contributed by atoms with Gasteiger partial charge in [0.2, 0.25) is 0 Å². The molecule has 0 saturated heterocycles. The smallest absolute Gasteiger partial charge is 0.134 e. The van der Waals surface area contributed by atoms with Crippen LogP contribution in [0.5, 0.6) is 0 Å². The zero-order chi connectivity index (χ0) is 13.5. The maximum atomic E-state index is 4.62. The van der Waals surface area contributed by atoms with Gasteiger partial charge >= 0.3 is 0 Å². The highest BCUT2D eigenvalue weighted by atomic mass is 15.0. The van der Waals surface area contributed by atoms with Crippen LogP contribution >= 0.6 is 0 Å². The van der Waals surface area contributed by atoms with Crippen molar-refractivity contribution in [1.29, 1.82) is 0 Å². The van der Waals surface area contributed by atoms with Crippen LogP contribution in [-0.4, -0.2) is 16.5 Å². The number of aryl methyl sites for hydroxylation is 1. The van der Waals surface area contributed by atoms with E-state index in [-0.39, 0.29) is 0 Å². The lowest BCUT2D eigenvalue weighted by atomic mass is 10.1. The average molecular weight is 261 g/mol. The Morgan fingerprint density at radius 2 is 1.84 bits per heavy atom. The van der Waals surface area contributed by atoms with Gasteiger partial charge in [0.25, 0.3) is 0 Å². The number of anilines is 1. The Morgan fingerprint density at radius 1 is 1.11 bits per heavy atom. The summed E-state index contributed by atoms with van der Waals surface area (Å²) >= 11 is 0. The van der Waals surface area contributed by atoms with Crippen molar-refractivity contribution in [1.82, 2.24) is 9.97 Å². The first-order chi connectivity index (χ1) is 9.29. The second-order valence-electron chi connectivity index (χ2n) is 5.72. The van der Waals surface area contributed by atoms with Crippen LogP contribution in [0.2, 0.25) is 0 Å². The number of unbranched alkanes of at least 4 members (excludes halogenated alkanes) is 5. The fourth-order valence-corrected chi connectivity index (χ4v) is 2.33. The molecular weight excluding hydrogens is 234 g/mol. The Kier molecular flexibility index (Phi) is 5.62. The van der Waals surface area contributed by atoms with Gasteiger partial charge in [-0.25, -0.2) is 9.97 Å². The van der Waals surface area contributed by atoms with E-state index in [2.05, 4.69) is 35.2 Å².